The summed E-state index contributed by atoms with van der Waals surface area (Å²) in [6, 6.07) is 4.65. The molecule has 0 aliphatic carbocycles. The Morgan fingerprint density at radius 1 is 1.23 bits per heavy atom. The first kappa shape index (κ1) is 23.1. The molecule has 1 aromatic heterocycles. The monoisotopic (exact) mass is 459 g/mol. The van der Waals surface area contributed by atoms with Crippen LogP contribution in [0.1, 0.15) is 12.5 Å². The van der Waals surface area contributed by atoms with Crippen LogP contribution in [0.5, 0.6) is 5.75 Å². The van der Waals surface area contributed by atoms with Gasteiger partial charge in [0.15, 0.2) is 0 Å². The van der Waals surface area contributed by atoms with Gasteiger partial charge in [0.25, 0.3) is 0 Å². The molecule has 1 aliphatic rings. The number of carbonyl (C=O) groups excluding carboxylic acids is 1. The summed E-state index contributed by atoms with van der Waals surface area (Å²) in [6.45, 7) is 2.08. The Bertz CT molecular complexity index is 1130. The summed E-state index contributed by atoms with van der Waals surface area (Å²) in [6.07, 6.45) is -6.12. The molecule has 3 rings (SSSR count). The lowest BCUT2D eigenvalue weighted by Crippen LogP contribution is -2.65. The molecular formula is C18H21NO11S. The normalized spacial score (nSPS) is 26.5. The van der Waals surface area contributed by atoms with Gasteiger partial charge in [-0.1, -0.05) is 0 Å². The minimum Gasteiger partial charge on any atom is -0.462 e. The third-order valence-corrected chi connectivity index (χ3v) is 5.06. The second-order valence-electron chi connectivity index (χ2n) is 6.99. The van der Waals surface area contributed by atoms with Gasteiger partial charge in [0.2, 0.25) is 12.2 Å². The van der Waals surface area contributed by atoms with Crippen LogP contribution < -0.4 is 15.7 Å². The van der Waals surface area contributed by atoms with Crippen LogP contribution in [0, 0.1) is 6.92 Å². The molecule has 0 spiro atoms. The molecule has 0 saturated carbocycles. The van der Waals surface area contributed by atoms with Gasteiger partial charge in [-0.2, -0.15) is 8.42 Å². The summed E-state index contributed by atoms with van der Waals surface area (Å²) in [5, 5.41) is 23.7. The van der Waals surface area contributed by atoms with Gasteiger partial charge >= 0.3 is 16.0 Å². The molecule has 170 valence electrons. The molecule has 0 bridgehead atoms. The highest BCUT2D eigenvalue weighted by Gasteiger charge is 2.46. The number of amides is 1. The number of nitrogens with one attached hydrogen (secondary N) is 1. The summed E-state index contributed by atoms with van der Waals surface area (Å²) in [5.41, 5.74) is 0.346. The van der Waals surface area contributed by atoms with Crippen LogP contribution >= 0.6 is 0 Å². The number of hydrogen-bond donors (Lipinski definition) is 4. The molecule has 0 radical (unpaired) electrons. The second kappa shape index (κ2) is 8.90. The van der Waals surface area contributed by atoms with E-state index in [0.29, 0.717) is 10.9 Å². The summed E-state index contributed by atoms with van der Waals surface area (Å²) in [5.74, 6) is -0.416. The molecule has 1 amide bonds. The molecular weight excluding hydrogens is 438 g/mol. The molecule has 1 fully saturated rings. The smallest absolute Gasteiger partial charge is 0.397 e. The van der Waals surface area contributed by atoms with E-state index in [9.17, 15) is 28.2 Å². The maximum Gasteiger partial charge on any atom is 0.397 e. The van der Waals surface area contributed by atoms with Crippen LogP contribution in [0.3, 0.4) is 0 Å². The second-order valence-corrected chi connectivity index (χ2v) is 8.08. The van der Waals surface area contributed by atoms with Gasteiger partial charge in [-0.05, 0) is 24.6 Å². The van der Waals surface area contributed by atoms with Crippen molar-refractivity contribution in [3.8, 4) is 5.75 Å². The lowest BCUT2D eigenvalue weighted by atomic mass is 9.97. The highest BCUT2D eigenvalue weighted by atomic mass is 32.3. The van der Waals surface area contributed by atoms with Gasteiger partial charge in [0.05, 0.1) is 6.61 Å². The van der Waals surface area contributed by atoms with Crippen LogP contribution in [0.15, 0.2) is 33.5 Å². The molecule has 2 aromatic rings. The first-order valence-corrected chi connectivity index (χ1v) is 10.4. The van der Waals surface area contributed by atoms with Crippen molar-refractivity contribution in [2.24, 2.45) is 0 Å². The Hall–Kier alpha value is -2.55. The average molecular weight is 459 g/mol. The quantitative estimate of drug-likeness (QED) is 0.315. The van der Waals surface area contributed by atoms with Crippen molar-refractivity contribution in [1.82, 2.24) is 5.32 Å². The maximum atomic E-state index is 11.6. The zero-order chi connectivity index (χ0) is 22.9. The average Bonchev–Trinajstić information content (AvgIpc) is 2.65. The lowest BCUT2D eigenvalue weighted by molar-refractivity contribution is -0.242. The van der Waals surface area contributed by atoms with E-state index in [1.165, 1.54) is 25.1 Å². The van der Waals surface area contributed by atoms with Crippen LogP contribution in [0.4, 0.5) is 0 Å². The number of hydrogen-bond acceptors (Lipinski definition) is 10. The van der Waals surface area contributed by atoms with Gasteiger partial charge in [-0.25, -0.2) is 8.98 Å². The fraction of sp³-hybridized carbons (Fsp3) is 0.444. The molecule has 1 aliphatic heterocycles. The van der Waals surface area contributed by atoms with Crippen LogP contribution in [0.25, 0.3) is 11.0 Å². The van der Waals surface area contributed by atoms with Gasteiger partial charge in [-0.15, -0.1) is 0 Å². The number of aliphatic hydroxyl groups is 2. The van der Waals surface area contributed by atoms with Crippen molar-refractivity contribution in [1.29, 1.82) is 0 Å². The number of aryl methyl sites for hydroxylation is 1. The predicted octanol–water partition coefficient (Wildman–Crippen LogP) is -0.749. The van der Waals surface area contributed by atoms with Gasteiger partial charge in [0, 0.05) is 24.4 Å². The van der Waals surface area contributed by atoms with Crippen LogP contribution in [-0.2, 0) is 24.1 Å². The van der Waals surface area contributed by atoms with Gasteiger partial charge in [0.1, 0.15) is 35.7 Å². The fourth-order valence-corrected chi connectivity index (χ4v) is 3.53. The van der Waals surface area contributed by atoms with Crippen LogP contribution in [0.2, 0.25) is 0 Å². The van der Waals surface area contributed by atoms with E-state index < -0.39 is 59.2 Å². The minimum absolute atomic E-state index is 0.139. The van der Waals surface area contributed by atoms with E-state index >= 15 is 0 Å². The molecule has 12 nitrogen and oxygen atoms in total. The molecule has 13 heteroatoms. The third-order valence-electron chi connectivity index (χ3n) is 4.63. The van der Waals surface area contributed by atoms with E-state index in [1.807, 2.05) is 0 Å². The standard InChI is InChI=1S/C18H21NO11S/c1-8-5-14(21)29-12-6-10(3-4-11(8)12)28-18-15(19-9(2)20)17(23)16(22)13(30-18)7-27-31(24,25)26/h3-6,13,15-18,22-23H,7H2,1-2H3,(H,19,20)(H,24,25,26)/t13?,15-,16+,17+,18+/m0/s1. The van der Waals surface area contributed by atoms with E-state index in [2.05, 4.69) is 9.50 Å². The van der Waals surface area contributed by atoms with Crippen molar-refractivity contribution >= 4 is 27.3 Å². The van der Waals surface area contributed by atoms with Crippen molar-refractivity contribution in [2.45, 2.75) is 44.5 Å². The lowest BCUT2D eigenvalue weighted by Gasteiger charge is -2.42. The van der Waals surface area contributed by atoms with E-state index in [-0.39, 0.29) is 11.3 Å². The molecule has 5 atom stereocenters. The number of rotatable bonds is 6. The van der Waals surface area contributed by atoms with E-state index in [1.54, 1.807) is 13.0 Å². The summed E-state index contributed by atoms with van der Waals surface area (Å²) in [4.78, 5) is 23.2. The third kappa shape index (κ3) is 5.58. The highest BCUT2D eigenvalue weighted by Crippen LogP contribution is 2.27. The maximum absolute atomic E-state index is 11.6. The zero-order valence-corrected chi connectivity index (χ0v) is 17.2. The molecule has 2 heterocycles. The Balaban J connectivity index is 1.89. The number of carbonyl (C=O) groups is 1. The molecule has 4 N–H and O–H groups in total. The summed E-state index contributed by atoms with van der Waals surface area (Å²) >= 11 is 0. The number of aliphatic hydroxyl groups excluding tert-OH is 2. The first-order chi connectivity index (χ1) is 14.4. The Labute approximate surface area is 176 Å². The van der Waals surface area contributed by atoms with Crippen molar-refractivity contribution in [3.63, 3.8) is 0 Å². The molecule has 1 aromatic carbocycles. The number of ether oxygens (including phenoxy) is 2. The van der Waals surface area contributed by atoms with Crippen molar-refractivity contribution in [3.05, 3.63) is 40.2 Å². The Kier molecular flexibility index (Phi) is 6.64. The summed E-state index contributed by atoms with van der Waals surface area (Å²) < 4.78 is 51.0. The summed E-state index contributed by atoms with van der Waals surface area (Å²) in [7, 11) is -4.83. The number of benzene rings is 1. The predicted molar refractivity (Wildman–Crippen MR) is 104 cm³/mol. The van der Waals surface area contributed by atoms with Crippen molar-refractivity contribution < 1.29 is 46.1 Å². The SMILES string of the molecule is CC(=O)N[C@@H]1[C@H](Oc2ccc3c(C)cc(=O)oc3c2)OC(COS(=O)(=O)O)[C@@H](O)[C@@H]1O. The topological polar surface area (TPSA) is 182 Å². The molecule has 1 saturated heterocycles. The highest BCUT2D eigenvalue weighted by molar-refractivity contribution is 7.80. The van der Waals surface area contributed by atoms with Gasteiger partial charge in [-0.3, -0.25) is 9.35 Å². The largest absolute Gasteiger partial charge is 0.462 e. The fourth-order valence-electron chi connectivity index (χ4n) is 3.22. The minimum atomic E-state index is -4.83. The Morgan fingerprint density at radius 3 is 2.58 bits per heavy atom. The number of fused-ring (bicyclic) bond motifs is 1. The van der Waals surface area contributed by atoms with Crippen molar-refractivity contribution in [2.75, 3.05) is 6.61 Å². The molecule has 31 heavy (non-hydrogen) atoms. The zero-order valence-electron chi connectivity index (χ0n) is 16.4. The first-order valence-electron chi connectivity index (χ1n) is 9.06. The molecule has 1 unspecified atom stereocenters. The van der Waals surface area contributed by atoms with Crippen LogP contribution in [-0.4, -0.2) is 66.3 Å². The Morgan fingerprint density at radius 2 is 1.94 bits per heavy atom. The van der Waals surface area contributed by atoms with E-state index in [4.69, 9.17) is 18.4 Å². The van der Waals surface area contributed by atoms with E-state index in [0.717, 1.165) is 0 Å². The van der Waals surface area contributed by atoms with Gasteiger partial charge < -0.3 is 29.4 Å².